The summed E-state index contributed by atoms with van der Waals surface area (Å²) in [6, 6.07) is 13.1. The molecule has 3 aromatic heterocycles. The van der Waals surface area contributed by atoms with Gasteiger partial charge in [-0.3, -0.25) is 0 Å². The molecule has 0 radical (unpaired) electrons. The van der Waals surface area contributed by atoms with Crippen LogP contribution >= 0.6 is 22.7 Å². The standard InChI is InChI=1S/C20H18N2S2/c1-11-5-9-17(23-11)15-7-8-16(18-10-6-12(2)24-18)20-19(15)21-13(3)14(4)22-20/h5-10H,1-4H3. The lowest BCUT2D eigenvalue weighted by atomic mass is 10.0. The van der Waals surface area contributed by atoms with Crippen molar-refractivity contribution >= 4 is 33.7 Å². The quantitative estimate of drug-likeness (QED) is 0.423. The number of nitrogens with zero attached hydrogens (tertiary/aromatic N) is 2. The molecule has 0 unspecified atom stereocenters. The Kier molecular flexibility index (Phi) is 3.74. The van der Waals surface area contributed by atoms with Crippen molar-refractivity contribution in [3.05, 3.63) is 57.5 Å². The molecule has 0 bridgehead atoms. The monoisotopic (exact) mass is 350 g/mol. The maximum absolute atomic E-state index is 4.90. The van der Waals surface area contributed by atoms with Crippen LogP contribution in [0, 0.1) is 27.7 Å². The van der Waals surface area contributed by atoms with E-state index in [4.69, 9.17) is 9.97 Å². The van der Waals surface area contributed by atoms with Gasteiger partial charge in [-0.05, 0) is 52.0 Å². The van der Waals surface area contributed by atoms with E-state index in [0.717, 1.165) is 22.4 Å². The zero-order valence-electron chi connectivity index (χ0n) is 14.2. The molecule has 120 valence electrons. The van der Waals surface area contributed by atoms with Crippen LogP contribution in [0.5, 0.6) is 0 Å². The summed E-state index contributed by atoms with van der Waals surface area (Å²) in [6.07, 6.45) is 0. The Labute approximate surface area is 149 Å². The molecule has 24 heavy (non-hydrogen) atoms. The highest BCUT2D eigenvalue weighted by molar-refractivity contribution is 7.16. The van der Waals surface area contributed by atoms with Crippen LogP contribution in [0.1, 0.15) is 21.1 Å². The Bertz CT molecular complexity index is 972. The SMILES string of the molecule is Cc1ccc(-c2ccc(-c3ccc(C)s3)c3nc(C)c(C)nc23)s1. The molecule has 0 spiro atoms. The van der Waals surface area contributed by atoms with E-state index in [9.17, 15) is 0 Å². The van der Waals surface area contributed by atoms with Gasteiger partial charge >= 0.3 is 0 Å². The average molecular weight is 351 g/mol. The fraction of sp³-hybridized carbons (Fsp3) is 0.200. The summed E-state index contributed by atoms with van der Waals surface area (Å²) in [5.74, 6) is 0. The second kappa shape index (κ2) is 5.80. The van der Waals surface area contributed by atoms with Crippen LogP contribution in [0.4, 0.5) is 0 Å². The third-order valence-corrected chi connectivity index (χ3v) is 6.31. The maximum Gasteiger partial charge on any atom is 0.0983 e. The Hall–Kier alpha value is -2.04. The van der Waals surface area contributed by atoms with Gasteiger partial charge in [0.25, 0.3) is 0 Å². The van der Waals surface area contributed by atoms with E-state index >= 15 is 0 Å². The molecule has 0 fully saturated rings. The molecule has 0 aliphatic rings. The zero-order valence-corrected chi connectivity index (χ0v) is 15.8. The van der Waals surface area contributed by atoms with Crippen LogP contribution in [0.15, 0.2) is 36.4 Å². The van der Waals surface area contributed by atoms with Gasteiger partial charge in [-0.1, -0.05) is 12.1 Å². The van der Waals surface area contributed by atoms with Gasteiger partial charge in [0.15, 0.2) is 0 Å². The number of benzene rings is 1. The molecule has 0 saturated carbocycles. The molecule has 0 saturated heterocycles. The number of hydrogen-bond donors (Lipinski definition) is 0. The highest BCUT2D eigenvalue weighted by atomic mass is 32.1. The first kappa shape index (κ1) is 15.5. The molecule has 0 aliphatic heterocycles. The minimum atomic E-state index is 0.997. The minimum absolute atomic E-state index is 0.997. The molecule has 1 aromatic carbocycles. The van der Waals surface area contributed by atoms with Crippen LogP contribution in [0.2, 0.25) is 0 Å². The molecule has 4 rings (SSSR count). The summed E-state index contributed by atoms with van der Waals surface area (Å²) in [5, 5.41) is 0. The minimum Gasteiger partial charge on any atom is -0.249 e. The molecule has 0 aliphatic carbocycles. The Morgan fingerprint density at radius 3 is 1.33 bits per heavy atom. The predicted molar refractivity (Wildman–Crippen MR) is 105 cm³/mol. The lowest BCUT2D eigenvalue weighted by molar-refractivity contribution is 1.10. The summed E-state index contributed by atoms with van der Waals surface area (Å²) in [5.41, 5.74) is 6.35. The lowest BCUT2D eigenvalue weighted by Crippen LogP contribution is -1.96. The summed E-state index contributed by atoms with van der Waals surface area (Å²) in [7, 11) is 0. The molecule has 0 N–H and O–H groups in total. The molecular weight excluding hydrogens is 332 g/mol. The van der Waals surface area contributed by atoms with Crippen molar-refractivity contribution in [3.8, 4) is 20.9 Å². The van der Waals surface area contributed by atoms with Gasteiger partial charge in [0.05, 0.1) is 22.4 Å². The van der Waals surface area contributed by atoms with E-state index in [1.54, 1.807) is 22.7 Å². The zero-order chi connectivity index (χ0) is 16.8. The number of hydrogen-bond acceptors (Lipinski definition) is 4. The van der Waals surface area contributed by atoms with Crippen molar-refractivity contribution in [2.45, 2.75) is 27.7 Å². The molecule has 0 atom stereocenters. The van der Waals surface area contributed by atoms with Crippen molar-refractivity contribution in [3.63, 3.8) is 0 Å². The van der Waals surface area contributed by atoms with Gasteiger partial charge < -0.3 is 0 Å². The first-order chi connectivity index (χ1) is 11.5. The summed E-state index contributed by atoms with van der Waals surface area (Å²) >= 11 is 3.61. The smallest absolute Gasteiger partial charge is 0.0983 e. The molecule has 0 amide bonds. The highest BCUT2D eigenvalue weighted by Crippen LogP contribution is 2.38. The maximum atomic E-state index is 4.90. The van der Waals surface area contributed by atoms with Crippen molar-refractivity contribution in [1.82, 2.24) is 9.97 Å². The van der Waals surface area contributed by atoms with Crippen LogP contribution < -0.4 is 0 Å². The Balaban J connectivity index is 2.05. The van der Waals surface area contributed by atoms with E-state index in [2.05, 4.69) is 50.2 Å². The Morgan fingerprint density at radius 2 is 1.00 bits per heavy atom. The van der Waals surface area contributed by atoms with Gasteiger partial charge in [-0.25, -0.2) is 9.97 Å². The van der Waals surface area contributed by atoms with E-state index in [1.165, 1.54) is 30.6 Å². The van der Waals surface area contributed by atoms with Crippen LogP contribution in [-0.2, 0) is 0 Å². The fourth-order valence-corrected chi connectivity index (χ4v) is 4.65. The fourth-order valence-electron chi connectivity index (χ4n) is 2.86. The lowest BCUT2D eigenvalue weighted by Gasteiger charge is -2.10. The number of rotatable bonds is 2. The van der Waals surface area contributed by atoms with E-state index in [-0.39, 0.29) is 0 Å². The normalized spacial score (nSPS) is 11.3. The van der Waals surface area contributed by atoms with Crippen LogP contribution in [-0.4, -0.2) is 9.97 Å². The molecule has 4 aromatic rings. The predicted octanol–water partition coefficient (Wildman–Crippen LogP) is 6.32. The van der Waals surface area contributed by atoms with Crippen molar-refractivity contribution < 1.29 is 0 Å². The van der Waals surface area contributed by atoms with Gasteiger partial charge in [-0.15, -0.1) is 22.7 Å². The van der Waals surface area contributed by atoms with Gasteiger partial charge in [0.2, 0.25) is 0 Å². The number of fused-ring (bicyclic) bond motifs is 1. The summed E-state index contributed by atoms with van der Waals surface area (Å²) in [4.78, 5) is 14.9. The first-order valence-electron chi connectivity index (χ1n) is 7.94. The molecule has 4 heteroatoms. The Morgan fingerprint density at radius 1 is 0.583 bits per heavy atom. The largest absolute Gasteiger partial charge is 0.249 e. The third kappa shape index (κ3) is 2.56. The van der Waals surface area contributed by atoms with Crippen molar-refractivity contribution in [1.29, 1.82) is 0 Å². The van der Waals surface area contributed by atoms with Gasteiger partial charge in [-0.2, -0.15) is 0 Å². The topological polar surface area (TPSA) is 25.8 Å². The number of aryl methyl sites for hydroxylation is 4. The van der Waals surface area contributed by atoms with E-state index in [0.29, 0.717) is 0 Å². The summed E-state index contributed by atoms with van der Waals surface area (Å²) in [6.45, 7) is 8.35. The van der Waals surface area contributed by atoms with Gasteiger partial charge in [0.1, 0.15) is 0 Å². The summed E-state index contributed by atoms with van der Waals surface area (Å²) < 4.78 is 0. The first-order valence-corrected chi connectivity index (χ1v) is 9.58. The third-order valence-electron chi connectivity index (χ3n) is 4.25. The van der Waals surface area contributed by atoms with E-state index < -0.39 is 0 Å². The van der Waals surface area contributed by atoms with Crippen LogP contribution in [0.3, 0.4) is 0 Å². The number of thiophene rings is 2. The molecular formula is C20H18N2S2. The van der Waals surface area contributed by atoms with Crippen molar-refractivity contribution in [2.24, 2.45) is 0 Å². The van der Waals surface area contributed by atoms with Gasteiger partial charge in [0, 0.05) is 30.6 Å². The van der Waals surface area contributed by atoms with E-state index in [1.807, 2.05) is 13.8 Å². The molecule has 2 nitrogen and oxygen atoms in total. The second-order valence-electron chi connectivity index (χ2n) is 6.07. The highest BCUT2D eigenvalue weighted by Gasteiger charge is 2.15. The average Bonchev–Trinajstić information content (AvgIpc) is 3.16. The van der Waals surface area contributed by atoms with Crippen molar-refractivity contribution in [2.75, 3.05) is 0 Å². The second-order valence-corrected chi connectivity index (χ2v) is 8.65. The molecule has 3 heterocycles. The van der Waals surface area contributed by atoms with Crippen LogP contribution in [0.25, 0.3) is 31.9 Å². The number of aromatic nitrogens is 2.